The van der Waals surface area contributed by atoms with E-state index in [2.05, 4.69) is 15.5 Å². The van der Waals surface area contributed by atoms with Gasteiger partial charge in [-0.05, 0) is 26.8 Å². The van der Waals surface area contributed by atoms with E-state index in [1.807, 2.05) is 0 Å². The van der Waals surface area contributed by atoms with Gasteiger partial charge in [-0.15, -0.1) is 0 Å². The third kappa shape index (κ3) is 2.19. The first-order valence-corrected chi connectivity index (χ1v) is 5.68. The van der Waals surface area contributed by atoms with Gasteiger partial charge in [-0.3, -0.25) is 4.79 Å². The smallest absolute Gasteiger partial charge is 0.258 e. The molecule has 6 heteroatoms. The van der Waals surface area contributed by atoms with Gasteiger partial charge < -0.3 is 14.9 Å². The molecule has 0 aliphatic rings. The van der Waals surface area contributed by atoms with Gasteiger partial charge in [0.25, 0.3) is 11.6 Å². The van der Waals surface area contributed by atoms with E-state index in [-0.39, 0.29) is 18.6 Å². The fourth-order valence-corrected chi connectivity index (χ4v) is 1.74. The highest BCUT2D eigenvalue weighted by Crippen LogP contribution is 2.21. The number of rotatable bonds is 3. The van der Waals surface area contributed by atoms with Gasteiger partial charge in [-0.1, -0.05) is 5.16 Å². The second-order valence-electron chi connectivity index (χ2n) is 4.32. The number of aliphatic hydroxyl groups is 1. The predicted octanol–water partition coefficient (Wildman–Crippen LogP) is 0.950. The Balaban J connectivity index is 2.49. The van der Waals surface area contributed by atoms with E-state index in [9.17, 15) is 4.79 Å². The number of aromatic nitrogens is 2. The summed E-state index contributed by atoms with van der Waals surface area (Å²) < 4.78 is 5.06. The van der Waals surface area contributed by atoms with Crippen molar-refractivity contribution >= 4 is 17.0 Å². The molecule has 2 aromatic heterocycles. The van der Waals surface area contributed by atoms with E-state index < -0.39 is 0 Å². The highest BCUT2D eigenvalue weighted by atomic mass is 16.5. The molecule has 0 aliphatic heterocycles. The lowest BCUT2D eigenvalue weighted by molar-refractivity contribution is 0.0923. The summed E-state index contributed by atoms with van der Waals surface area (Å²) in [7, 11) is 0. The van der Waals surface area contributed by atoms with Crippen molar-refractivity contribution in [2.24, 2.45) is 0 Å². The summed E-state index contributed by atoms with van der Waals surface area (Å²) in [6.45, 7) is 5.16. The molecule has 1 amide bonds. The fourth-order valence-electron chi connectivity index (χ4n) is 1.74. The molecule has 0 spiro atoms. The third-order valence-corrected chi connectivity index (χ3v) is 2.64. The largest absolute Gasteiger partial charge is 0.394 e. The molecule has 2 aromatic rings. The molecular weight excluding hydrogens is 234 g/mol. The summed E-state index contributed by atoms with van der Waals surface area (Å²) in [4.78, 5) is 16.3. The molecule has 0 bridgehead atoms. The summed E-state index contributed by atoms with van der Waals surface area (Å²) in [5.74, 6) is -0.265. The van der Waals surface area contributed by atoms with Crippen LogP contribution in [-0.2, 0) is 0 Å². The van der Waals surface area contributed by atoms with Crippen molar-refractivity contribution in [2.45, 2.75) is 26.8 Å². The molecule has 18 heavy (non-hydrogen) atoms. The van der Waals surface area contributed by atoms with Gasteiger partial charge in [-0.25, -0.2) is 4.98 Å². The third-order valence-electron chi connectivity index (χ3n) is 2.64. The van der Waals surface area contributed by atoms with E-state index in [0.717, 1.165) is 0 Å². The minimum absolute atomic E-state index is 0.110. The number of hydrogen-bond donors (Lipinski definition) is 2. The Kier molecular flexibility index (Phi) is 3.29. The number of amides is 1. The molecule has 2 rings (SSSR count). The molecule has 0 fully saturated rings. The maximum Gasteiger partial charge on any atom is 0.258 e. The number of aliphatic hydroxyl groups excluding tert-OH is 1. The Labute approximate surface area is 104 Å². The SMILES string of the molecule is Cc1cc(C(=O)N[C@H](C)CO)c2c(C)noc2n1. The fraction of sp³-hybridized carbons (Fsp3) is 0.417. The first-order valence-electron chi connectivity index (χ1n) is 5.68. The van der Waals surface area contributed by atoms with Crippen molar-refractivity contribution in [3.63, 3.8) is 0 Å². The van der Waals surface area contributed by atoms with Crippen LogP contribution >= 0.6 is 0 Å². The summed E-state index contributed by atoms with van der Waals surface area (Å²) in [5, 5.41) is 16.1. The number of carbonyl (C=O) groups is 1. The van der Waals surface area contributed by atoms with Crippen molar-refractivity contribution < 1.29 is 14.4 Å². The summed E-state index contributed by atoms with van der Waals surface area (Å²) >= 11 is 0. The molecule has 0 aromatic carbocycles. The molecule has 0 saturated carbocycles. The van der Waals surface area contributed by atoms with Crippen molar-refractivity contribution in [3.8, 4) is 0 Å². The Bertz CT molecular complexity index is 592. The van der Waals surface area contributed by atoms with Crippen molar-refractivity contribution in [2.75, 3.05) is 6.61 Å². The first-order chi connectivity index (χ1) is 8.52. The van der Waals surface area contributed by atoms with Gasteiger partial charge in [0.15, 0.2) is 0 Å². The number of hydrogen-bond acceptors (Lipinski definition) is 5. The van der Waals surface area contributed by atoms with Crippen LogP contribution in [0.4, 0.5) is 0 Å². The van der Waals surface area contributed by atoms with Gasteiger partial charge in [0.05, 0.1) is 23.3 Å². The van der Waals surface area contributed by atoms with E-state index in [1.54, 1.807) is 26.8 Å². The second kappa shape index (κ2) is 4.73. The Morgan fingerprint density at radius 3 is 2.94 bits per heavy atom. The number of fused-ring (bicyclic) bond motifs is 1. The van der Waals surface area contributed by atoms with Crippen LogP contribution in [-0.4, -0.2) is 33.8 Å². The molecule has 0 radical (unpaired) electrons. The number of carbonyl (C=O) groups excluding carboxylic acids is 1. The quantitative estimate of drug-likeness (QED) is 0.845. The van der Waals surface area contributed by atoms with Crippen LogP contribution in [0.15, 0.2) is 10.6 Å². The monoisotopic (exact) mass is 249 g/mol. The van der Waals surface area contributed by atoms with E-state index in [4.69, 9.17) is 9.63 Å². The molecule has 0 unspecified atom stereocenters. The average molecular weight is 249 g/mol. The molecule has 6 nitrogen and oxygen atoms in total. The van der Waals surface area contributed by atoms with Gasteiger partial charge >= 0.3 is 0 Å². The summed E-state index contributed by atoms with van der Waals surface area (Å²) in [6.07, 6.45) is 0. The van der Waals surface area contributed by atoms with E-state index >= 15 is 0 Å². The molecule has 0 saturated heterocycles. The van der Waals surface area contributed by atoms with Crippen LogP contribution in [0.1, 0.15) is 28.7 Å². The number of nitrogens with one attached hydrogen (secondary N) is 1. The van der Waals surface area contributed by atoms with E-state index in [0.29, 0.717) is 28.1 Å². The molecule has 96 valence electrons. The Hall–Kier alpha value is -1.95. The number of pyridine rings is 1. The zero-order valence-corrected chi connectivity index (χ0v) is 10.5. The summed E-state index contributed by atoms with van der Waals surface area (Å²) in [5.41, 5.74) is 2.13. The van der Waals surface area contributed by atoms with Crippen LogP contribution in [0.3, 0.4) is 0 Å². The highest BCUT2D eigenvalue weighted by molar-refractivity contribution is 6.06. The average Bonchev–Trinajstić information content (AvgIpc) is 2.69. The first kappa shape index (κ1) is 12.5. The van der Waals surface area contributed by atoms with Crippen molar-refractivity contribution in [3.05, 3.63) is 23.0 Å². The lowest BCUT2D eigenvalue weighted by atomic mass is 10.1. The lowest BCUT2D eigenvalue weighted by Crippen LogP contribution is -2.35. The molecule has 2 heterocycles. The Morgan fingerprint density at radius 2 is 2.28 bits per heavy atom. The van der Waals surface area contributed by atoms with Crippen LogP contribution in [0.2, 0.25) is 0 Å². The molecular formula is C12H15N3O3. The minimum Gasteiger partial charge on any atom is -0.394 e. The Morgan fingerprint density at radius 1 is 1.56 bits per heavy atom. The lowest BCUT2D eigenvalue weighted by Gasteiger charge is -2.11. The standard InChI is InChI=1S/C12H15N3O3/c1-6-4-9(11(17)13-7(2)5-16)10-8(3)15-18-12(10)14-6/h4,7,16H,5H2,1-3H3,(H,13,17)/t7-/m1/s1. The highest BCUT2D eigenvalue weighted by Gasteiger charge is 2.18. The van der Waals surface area contributed by atoms with Gasteiger partial charge in [0.1, 0.15) is 0 Å². The molecule has 1 atom stereocenters. The van der Waals surface area contributed by atoms with Crippen molar-refractivity contribution in [1.29, 1.82) is 0 Å². The van der Waals surface area contributed by atoms with Gasteiger partial charge in [0.2, 0.25) is 0 Å². The van der Waals surface area contributed by atoms with Gasteiger partial charge in [0, 0.05) is 11.7 Å². The topological polar surface area (TPSA) is 88.2 Å². The summed E-state index contributed by atoms with van der Waals surface area (Å²) in [6, 6.07) is 1.38. The van der Waals surface area contributed by atoms with Crippen molar-refractivity contribution in [1.82, 2.24) is 15.5 Å². The predicted molar refractivity (Wildman–Crippen MR) is 65.3 cm³/mol. The maximum atomic E-state index is 12.1. The maximum absolute atomic E-state index is 12.1. The minimum atomic E-state index is -0.304. The van der Waals surface area contributed by atoms with Crippen LogP contribution in [0.25, 0.3) is 11.1 Å². The molecule has 0 aliphatic carbocycles. The normalized spacial score (nSPS) is 12.7. The zero-order chi connectivity index (χ0) is 13.3. The van der Waals surface area contributed by atoms with Crippen LogP contribution in [0.5, 0.6) is 0 Å². The van der Waals surface area contributed by atoms with Crippen LogP contribution in [0, 0.1) is 13.8 Å². The van der Waals surface area contributed by atoms with Gasteiger partial charge in [-0.2, -0.15) is 0 Å². The van der Waals surface area contributed by atoms with E-state index in [1.165, 1.54) is 0 Å². The second-order valence-corrected chi connectivity index (χ2v) is 4.32. The number of aryl methyl sites for hydroxylation is 2. The zero-order valence-electron chi connectivity index (χ0n) is 10.5. The molecule has 2 N–H and O–H groups in total. The number of nitrogens with zero attached hydrogens (tertiary/aromatic N) is 2. The van der Waals surface area contributed by atoms with Crippen LogP contribution < -0.4 is 5.32 Å².